The van der Waals surface area contributed by atoms with Gasteiger partial charge in [-0.3, -0.25) is 9.36 Å². The largest absolute Gasteiger partial charge is 0.427 e. The van der Waals surface area contributed by atoms with Gasteiger partial charge in [-0.25, -0.2) is 4.39 Å². The first-order chi connectivity index (χ1) is 10.5. The maximum Gasteiger partial charge on any atom is 0.333 e. The quantitative estimate of drug-likeness (QED) is 0.368. The van der Waals surface area contributed by atoms with E-state index in [9.17, 15) is 13.8 Å². The van der Waals surface area contributed by atoms with Gasteiger partial charge in [0.1, 0.15) is 11.9 Å². The van der Waals surface area contributed by atoms with Crippen LogP contribution in [0.15, 0.2) is 30.3 Å². The number of esters is 1. The van der Waals surface area contributed by atoms with Crippen molar-refractivity contribution in [2.45, 2.75) is 32.9 Å². The molecule has 1 rings (SSSR count). The number of ether oxygens (including phenoxy) is 1. The highest BCUT2D eigenvalue weighted by atomic mass is 31.2. The lowest BCUT2D eigenvalue weighted by atomic mass is 10.2. The van der Waals surface area contributed by atoms with Gasteiger partial charge in [-0.05, 0) is 32.4 Å². The third kappa shape index (κ3) is 7.16. The van der Waals surface area contributed by atoms with Crippen LogP contribution < -0.4 is 4.74 Å². The van der Waals surface area contributed by atoms with Crippen LogP contribution in [-0.4, -0.2) is 31.5 Å². The molecule has 5 nitrogen and oxygen atoms in total. The van der Waals surface area contributed by atoms with E-state index in [2.05, 4.69) is 0 Å². The Labute approximate surface area is 130 Å². The number of rotatable bonds is 10. The summed E-state index contributed by atoms with van der Waals surface area (Å²) in [5.41, 5.74) is 0. The Kier molecular flexibility index (Phi) is 8.31. The summed E-state index contributed by atoms with van der Waals surface area (Å²) in [6.45, 7) is 3.69. The lowest BCUT2D eigenvalue weighted by molar-refractivity contribution is -0.134. The summed E-state index contributed by atoms with van der Waals surface area (Å²) in [5.74, 6) is -0.117. The van der Waals surface area contributed by atoms with Crippen LogP contribution in [0.2, 0.25) is 0 Å². The van der Waals surface area contributed by atoms with Crippen molar-refractivity contribution >= 4 is 13.6 Å². The predicted molar refractivity (Wildman–Crippen MR) is 81.9 cm³/mol. The lowest BCUT2D eigenvalue weighted by Gasteiger charge is -2.18. The first-order valence-electron chi connectivity index (χ1n) is 7.27. The molecule has 0 aliphatic rings. The number of carbonyl (C=O) groups is 1. The maximum atomic E-state index is 13.9. The van der Waals surface area contributed by atoms with Gasteiger partial charge in [-0.1, -0.05) is 18.2 Å². The van der Waals surface area contributed by atoms with Crippen molar-refractivity contribution in [3.8, 4) is 5.75 Å². The molecule has 0 aliphatic carbocycles. The van der Waals surface area contributed by atoms with E-state index >= 15 is 0 Å². The molecule has 22 heavy (non-hydrogen) atoms. The fourth-order valence-corrected chi connectivity index (χ4v) is 3.56. The zero-order valence-electron chi connectivity index (χ0n) is 12.9. The van der Waals surface area contributed by atoms with Crippen molar-refractivity contribution in [3.63, 3.8) is 0 Å². The summed E-state index contributed by atoms with van der Waals surface area (Å²) in [6, 6.07) is 8.56. The molecule has 0 spiro atoms. The van der Waals surface area contributed by atoms with Gasteiger partial charge in [0.05, 0.1) is 19.4 Å². The molecule has 7 heteroatoms. The van der Waals surface area contributed by atoms with Crippen molar-refractivity contribution in [2.24, 2.45) is 0 Å². The van der Waals surface area contributed by atoms with Crippen molar-refractivity contribution in [3.05, 3.63) is 30.3 Å². The van der Waals surface area contributed by atoms with E-state index in [-0.39, 0.29) is 32.2 Å². The van der Waals surface area contributed by atoms with Crippen LogP contribution in [0.1, 0.15) is 26.7 Å². The molecule has 0 fully saturated rings. The van der Waals surface area contributed by atoms with E-state index in [4.69, 9.17) is 13.8 Å². The summed E-state index contributed by atoms with van der Waals surface area (Å²) in [6.07, 6.45) is -2.00. The van der Waals surface area contributed by atoms with E-state index in [0.717, 1.165) is 0 Å². The molecule has 1 atom stereocenters. The van der Waals surface area contributed by atoms with Gasteiger partial charge in [-0.15, -0.1) is 0 Å². The van der Waals surface area contributed by atoms with Crippen LogP contribution in [0.4, 0.5) is 4.39 Å². The third-order valence-electron chi connectivity index (χ3n) is 2.71. The van der Waals surface area contributed by atoms with E-state index in [1.165, 1.54) is 0 Å². The Morgan fingerprint density at radius 1 is 1.18 bits per heavy atom. The molecule has 0 amide bonds. The summed E-state index contributed by atoms with van der Waals surface area (Å²) < 4.78 is 41.2. The number of hydrogen-bond donors (Lipinski definition) is 0. The average molecular weight is 332 g/mol. The maximum absolute atomic E-state index is 13.9. The van der Waals surface area contributed by atoms with Gasteiger partial charge >= 0.3 is 13.6 Å². The molecule has 0 radical (unpaired) electrons. The first kappa shape index (κ1) is 18.8. The molecule has 0 saturated heterocycles. The fourth-order valence-electron chi connectivity index (χ4n) is 1.82. The molecule has 0 N–H and O–H groups in total. The molecule has 124 valence electrons. The van der Waals surface area contributed by atoms with Gasteiger partial charge in [0.15, 0.2) is 0 Å². The summed E-state index contributed by atoms with van der Waals surface area (Å²) in [5, 5.41) is 0. The Morgan fingerprint density at radius 2 is 1.77 bits per heavy atom. The smallest absolute Gasteiger partial charge is 0.333 e. The third-order valence-corrected chi connectivity index (χ3v) is 4.86. The van der Waals surface area contributed by atoms with Gasteiger partial charge in [-0.2, -0.15) is 0 Å². The Hall–Kier alpha value is -1.23. The average Bonchev–Trinajstić information content (AvgIpc) is 2.46. The van der Waals surface area contributed by atoms with Gasteiger partial charge in [0, 0.05) is 6.42 Å². The molecule has 0 aromatic heterocycles. The van der Waals surface area contributed by atoms with Gasteiger partial charge in [0.25, 0.3) is 0 Å². The number of carbonyl (C=O) groups excluding carboxylic acids is 1. The Morgan fingerprint density at radius 3 is 2.32 bits per heavy atom. The molecule has 0 heterocycles. The van der Waals surface area contributed by atoms with Crippen LogP contribution in [-0.2, 0) is 18.4 Å². The minimum absolute atomic E-state index is 0.0875. The highest BCUT2D eigenvalue weighted by Gasteiger charge is 2.28. The Balaban J connectivity index is 2.39. The second-order valence-corrected chi connectivity index (χ2v) is 6.66. The zero-order valence-corrected chi connectivity index (χ0v) is 13.8. The van der Waals surface area contributed by atoms with Crippen LogP contribution in [0.5, 0.6) is 5.75 Å². The van der Waals surface area contributed by atoms with Crippen LogP contribution in [0.25, 0.3) is 0 Å². The topological polar surface area (TPSA) is 61.8 Å². The summed E-state index contributed by atoms with van der Waals surface area (Å²) in [7, 11) is -3.43. The van der Waals surface area contributed by atoms with E-state index in [1.807, 2.05) is 0 Å². The van der Waals surface area contributed by atoms with Gasteiger partial charge < -0.3 is 13.8 Å². The van der Waals surface area contributed by atoms with Crippen molar-refractivity contribution in [1.29, 1.82) is 0 Å². The normalized spacial score (nSPS) is 12.9. The number of para-hydroxylation sites is 1. The summed E-state index contributed by atoms with van der Waals surface area (Å²) in [4.78, 5) is 11.6. The molecule has 1 aromatic rings. The second kappa shape index (κ2) is 9.72. The highest BCUT2D eigenvalue weighted by Crippen LogP contribution is 2.49. The number of hydrogen-bond acceptors (Lipinski definition) is 5. The summed E-state index contributed by atoms with van der Waals surface area (Å²) >= 11 is 0. The van der Waals surface area contributed by atoms with Crippen LogP contribution in [0.3, 0.4) is 0 Å². The van der Waals surface area contributed by atoms with Crippen LogP contribution >= 0.6 is 7.60 Å². The number of benzene rings is 1. The van der Waals surface area contributed by atoms with Crippen molar-refractivity contribution in [2.75, 3.05) is 19.4 Å². The molecule has 1 unspecified atom stereocenters. The number of alkyl halides is 1. The zero-order chi connectivity index (χ0) is 16.4. The van der Waals surface area contributed by atoms with E-state index in [1.54, 1.807) is 44.2 Å². The lowest BCUT2D eigenvalue weighted by Crippen LogP contribution is -2.15. The van der Waals surface area contributed by atoms with E-state index in [0.29, 0.717) is 5.75 Å². The molecule has 0 bridgehead atoms. The minimum atomic E-state index is -3.43. The fraction of sp³-hybridized carbons (Fsp3) is 0.533. The second-order valence-electron chi connectivity index (χ2n) is 4.55. The molecule has 1 aromatic carbocycles. The van der Waals surface area contributed by atoms with Crippen molar-refractivity contribution < 1.29 is 27.5 Å². The molecule has 0 saturated carbocycles. The monoisotopic (exact) mass is 332 g/mol. The standard InChI is InChI=1S/C15H22FO5P/c1-3-19-22(18,20-4-2)12-13(16)10-11-15(17)21-14-8-6-5-7-9-14/h5-9,13H,3-4,10-12H2,1-2H3. The highest BCUT2D eigenvalue weighted by molar-refractivity contribution is 7.53. The minimum Gasteiger partial charge on any atom is -0.427 e. The first-order valence-corrected chi connectivity index (χ1v) is 8.99. The number of halogens is 1. The SMILES string of the molecule is CCOP(=O)(CC(F)CCC(=O)Oc1ccccc1)OCC. The molecular formula is C15H22FO5P. The molecule has 0 aliphatic heterocycles. The Bertz CT molecular complexity index is 484. The van der Waals surface area contributed by atoms with Crippen LogP contribution in [0, 0.1) is 0 Å². The van der Waals surface area contributed by atoms with Gasteiger partial charge in [0.2, 0.25) is 0 Å². The predicted octanol–water partition coefficient (Wildman–Crippen LogP) is 3.98. The van der Waals surface area contributed by atoms with E-state index < -0.39 is 19.7 Å². The van der Waals surface area contributed by atoms with Crippen molar-refractivity contribution in [1.82, 2.24) is 0 Å². The molecular weight excluding hydrogens is 310 g/mol.